The molecule has 3 aromatic rings. The average molecular weight is 485 g/mol. The van der Waals surface area contributed by atoms with Crippen molar-refractivity contribution in [3.05, 3.63) is 59.2 Å². The number of amides is 2. The fourth-order valence-corrected chi connectivity index (χ4v) is 4.35. The molecule has 2 N–H and O–H groups in total. The molecule has 0 fully saturated rings. The summed E-state index contributed by atoms with van der Waals surface area (Å²) in [5.74, 6) is 0.903. The standard InChI is InChI=1S/C23H24N4O4S2/c1-14-6-5-7-17(15(14)2)24-21(29)13-32-23-27-26-22(33-23)25-20(28)11-9-16-8-10-18(30-3)19(12-16)31-4/h5-12H,13H2,1-4H3,(H,24,29)(H,25,26,28)/b11-9+. The Labute approximate surface area is 200 Å². The highest BCUT2D eigenvalue weighted by Crippen LogP contribution is 2.28. The quantitative estimate of drug-likeness (QED) is 0.261. The molecule has 0 aliphatic rings. The fraction of sp³-hybridized carbons (Fsp3) is 0.217. The third-order valence-corrected chi connectivity index (χ3v) is 6.65. The van der Waals surface area contributed by atoms with Gasteiger partial charge in [0.05, 0.1) is 20.0 Å². The predicted molar refractivity (Wildman–Crippen MR) is 132 cm³/mol. The molecule has 0 spiro atoms. The summed E-state index contributed by atoms with van der Waals surface area (Å²) in [7, 11) is 3.11. The van der Waals surface area contributed by atoms with Gasteiger partial charge in [-0.15, -0.1) is 10.2 Å². The maximum atomic E-state index is 12.3. The van der Waals surface area contributed by atoms with Crippen LogP contribution in [0, 0.1) is 13.8 Å². The number of methoxy groups -OCH3 is 2. The molecule has 172 valence electrons. The lowest BCUT2D eigenvalue weighted by Gasteiger charge is -2.09. The van der Waals surface area contributed by atoms with Gasteiger partial charge in [-0.05, 0) is 54.8 Å². The molecule has 0 saturated heterocycles. The molecule has 0 aliphatic heterocycles. The number of ether oxygens (including phenoxy) is 2. The Morgan fingerprint density at radius 1 is 1.06 bits per heavy atom. The number of carbonyl (C=O) groups excluding carboxylic acids is 2. The van der Waals surface area contributed by atoms with Crippen LogP contribution in [-0.4, -0.2) is 42.0 Å². The molecule has 0 saturated carbocycles. The summed E-state index contributed by atoms with van der Waals surface area (Å²) in [6.45, 7) is 3.97. The Hall–Kier alpha value is -3.37. The Bertz CT molecular complexity index is 1180. The van der Waals surface area contributed by atoms with E-state index in [1.807, 2.05) is 38.1 Å². The van der Waals surface area contributed by atoms with Crippen molar-refractivity contribution in [2.75, 3.05) is 30.6 Å². The van der Waals surface area contributed by atoms with E-state index in [9.17, 15) is 9.59 Å². The Kier molecular flexibility index (Phi) is 8.45. The van der Waals surface area contributed by atoms with Crippen LogP contribution in [0.4, 0.5) is 10.8 Å². The van der Waals surface area contributed by atoms with Gasteiger partial charge in [0.1, 0.15) is 0 Å². The maximum absolute atomic E-state index is 12.3. The number of carbonyl (C=O) groups is 2. The van der Waals surface area contributed by atoms with Crippen LogP contribution >= 0.6 is 23.1 Å². The van der Waals surface area contributed by atoms with Crippen LogP contribution < -0.4 is 20.1 Å². The minimum atomic E-state index is -0.342. The molecule has 33 heavy (non-hydrogen) atoms. The number of benzene rings is 2. The van der Waals surface area contributed by atoms with Gasteiger partial charge in [0, 0.05) is 11.8 Å². The van der Waals surface area contributed by atoms with E-state index in [2.05, 4.69) is 20.8 Å². The number of anilines is 2. The molecule has 3 rings (SSSR count). The molecule has 0 bridgehead atoms. The molecule has 10 heteroatoms. The van der Waals surface area contributed by atoms with E-state index < -0.39 is 0 Å². The molecule has 1 heterocycles. The fourth-order valence-electron chi connectivity index (χ4n) is 2.79. The molecule has 0 radical (unpaired) electrons. The number of nitrogens with zero attached hydrogens (tertiary/aromatic N) is 2. The first kappa shape index (κ1) is 24.3. The van der Waals surface area contributed by atoms with Crippen molar-refractivity contribution in [3.8, 4) is 11.5 Å². The van der Waals surface area contributed by atoms with Crippen LogP contribution in [0.1, 0.15) is 16.7 Å². The van der Waals surface area contributed by atoms with Gasteiger partial charge in [-0.1, -0.05) is 41.3 Å². The topological polar surface area (TPSA) is 102 Å². The van der Waals surface area contributed by atoms with Crippen molar-refractivity contribution in [2.24, 2.45) is 0 Å². The second kappa shape index (κ2) is 11.5. The molecule has 8 nitrogen and oxygen atoms in total. The lowest BCUT2D eigenvalue weighted by atomic mass is 10.1. The first-order chi connectivity index (χ1) is 15.9. The van der Waals surface area contributed by atoms with Gasteiger partial charge in [-0.3, -0.25) is 14.9 Å². The molecule has 0 unspecified atom stereocenters. The molecular weight excluding hydrogens is 460 g/mol. The van der Waals surface area contributed by atoms with Crippen LogP contribution in [0.3, 0.4) is 0 Å². The second-order valence-corrected chi connectivity index (χ2v) is 9.09. The van der Waals surface area contributed by atoms with E-state index in [-0.39, 0.29) is 17.6 Å². The molecule has 0 aliphatic carbocycles. The Balaban J connectivity index is 1.51. The van der Waals surface area contributed by atoms with E-state index in [0.29, 0.717) is 21.0 Å². The van der Waals surface area contributed by atoms with Crippen LogP contribution in [0.15, 0.2) is 46.8 Å². The van der Waals surface area contributed by atoms with E-state index in [1.165, 1.54) is 29.2 Å². The largest absolute Gasteiger partial charge is 0.493 e. The minimum absolute atomic E-state index is 0.132. The number of nitrogens with one attached hydrogen (secondary N) is 2. The average Bonchev–Trinajstić information content (AvgIpc) is 3.26. The summed E-state index contributed by atoms with van der Waals surface area (Å²) in [5.41, 5.74) is 3.74. The van der Waals surface area contributed by atoms with Crippen molar-refractivity contribution >= 4 is 51.8 Å². The van der Waals surface area contributed by atoms with Gasteiger partial charge in [0.2, 0.25) is 16.9 Å². The Morgan fingerprint density at radius 2 is 1.85 bits per heavy atom. The first-order valence-corrected chi connectivity index (χ1v) is 11.7. The highest BCUT2D eigenvalue weighted by molar-refractivity contribution is 8.01. The van der Waals surface area contributed by atoms with Crippen LogP contribution in [0.25, 0.3) is 6.08 Å². The van der Waals surface area contributed by atoms with Crippen LogP contribution in [-0.2, 0) is 9.59 Å². The van der Waals surface area contributed by atoms with E-state index >= 15 is 0 Å². The van der Waals surface area contributed by atoms with Gasteiger partial charge in [-0.25, -0.2) is 0 Å². The van der Waals surface area contributed by atoms with E-state index in [4.69, 9.17) is 9.47 Å². The van der Waals surface area contributed by atoms with Crippen molar-refractivity contribution in [3.63, 3.8) is 0 Å². The number of aromatic nitrogens is 2. The highest BCUT2D eigenvalue weighted by Gasteiger charge is 2.11. The number of thioether (sulfide) groups is 1. The summed E-state index contributed by atoms with van der Waals surface area (Å²) in [4.78, 5) is 24.5. The van der Waals surface area contributed by atoms with E-state index in [0.717, 1.165) is 22.4 Å². The van der Waals surface area contributed by atoms with Gasteiger partial charge in [0.15, 0.2) is 15.8 Å². The molecule has 1 aromatic heterocycles. The van der Waals surface area contributed by atoms with Crippen molar-refractivity contribution in [2.45, 2.75) is 18.2 Å². The van der Waals surface area contributed by atoms with Crippen LogP contribution in [0.2, 0.25) is 0 Å². The lowest BCUT2D eigenvalue weighted by Crippen LogP contribution is -2.15. The highest BCUT2D eigenvalue weighted by atomic mass is 32.2. The number of aryl methyl sites for hydroxylation is 1. The van der Waals surface area contributed by atoms with E-state index in [1.54, 1.807) is 32.4 Å². The molecular formula is C23H24N4O4S2. The van der Waals surface area contributed by atoms with Gasteiger partial charge >= 0.3 is 0 Å². The summed E-state index contributed by atoms with van der Waals surface area (Å²) < 4.78 is 11.1. The van der Waals surface area contributed by atoms with Crippen molar-refractivity contribution in [1.29, 1.82) is 0 Å². The van der Waals surface area contributed by atoms with Crippen molar-refractivity contribution in [1.82, 2.24) is 10.2 Å². The SMILES string of the molecule is COc1ccc(/C=C/C(=O)Nc2nnc(SCC(=O)Nc3cccc(C)c3C)s2)cc1OC. The molecule has 0 atom stereocenters. The number of rotatable bonds is 9. The summed E-state index contributed by atoms with van der Waals surface area (Å²) in [5, 5.41) is 13.9. The third-order valence-electron chi connectivity index (χ3n) is 4.68. The lowest BCUT2D eigenvalue weighted by molar-refractivity contribution is -0.114. The third kappa shape index (κ3) is 6.80. The monoisotopic (exact) mass is 484 g/mol. The number of hydrogen-bond acceptors (Lipinski definition) is 8. The molecule has 2 amide bonds. The smallest absolute Gasteiger partial charge is 0.250 e. The second-order valence-electron chi connectivity index (χ2n) is 6.89. The van der Waals surface area contributed by atoms with Gasteiger partial charge in [-0.2, -0.15) is 0 Å². The zero-order valence-corrected chi connectivity index (χ0v) is 20.3. The Morgan fingerprint density at radius 3 is 2.61 bits per heavy atom. The maximum Gasteiger partial charge on any atom is 0.250 e. The summed E-state index contributed by atoms with van der Waals surface area (Å²) >= 11 is 2.47. The zero-order chi connectivity index (χ0) is 23.8. The predicted octanol–water partition coefficient (Wildman–Crippen LogP) is 4.55. The summed E-state index contributed by atoms with van der Waals surface area (Å²) in [6, 6.07) is 11.1. The molecule has 2 aromatic carbocycles. The summed E-state index contributed by atoms with van der Waals surface area (Å²) in [6.07, 6.45) is 3.05. The van der Waals surface area contributed by atoms with Crippen LogP contribution in [0.5, 0.6) is 11.5 Å². The number of hydrogen-bond donors (Lipinski definition) is 2. The van der Waals surface area contributed by atoms with Gasteiger partial charge in [0.25, 0.3) is 0 Å². The first-order valence-electron chi connectivity index (χ1n) is 9.93. The van der Waals surface area contributed by atoms with Gasteiger partial charge < -0.3 is 14.8 Å². The zero-order valence-electron chi connectivity index (χ0n) is 18.7. The van der Waals surface area contributed by atoms with Crippen molar-refractivity contribution < 1.29 is 19.1 Å². The normalized spacial score (nSPS) is 10.8. The minimum Gasteiger partial charge on any atom is -0.493 e.